The second-order valence-corrected chi connectivity index (χ2v) is 4.17. The van der Waals surface area contributed by atoms with Gasteiger partial charge in [-0.25, -0.2) is 0 Å². The molecule has 2 heterocycles. The lowest BCUT2D eigenvalue weighted by Crippen LogP contribution is -3.00. The lowest BCUT2D eigenvalue weighted by Gasteiger charge is -2.26. The molecule has 0 saturated carbocycles. The topological polar surface area (TPSA) is 12.9 Å². The van der Waals surface area contributed by atoms with Gasteiger partial charge in [-0.15, -0.1) is 17.0 Å². The Bertz CT molecular complexity index is 383. The maximum absolute atomic E-state index is 4.01. The quantitative estimate of drug-likeness (QED) is 0.633. The van der Waals surface area contributed by atoms with Gasteiger partial charge in [-0.1, -0.05) is 0 Å². The van der Waals surface area contributed by atoms with Crippen LogP contribution in [0.25, 0.3) is 5.57 Å². The SMILES string of the molecule is Br.C[N+]1(C)C=CC(c2ccncc2)=CC1.[Br-]. The fraction of sp³-hybridized carbons (Fsp3) is 0.250. The van der Waals surface area contributed by atoms with Crippen LogP contribution in [0.2, 0.25) is 0 Å². The fourth-order valence-corrected chi connectivity index (χ4v) is 1.50. The molecule has 1 aromatic heterocycles. The number of hydrogen-bond donors (Lipinski definition) is 0. The van der Waals surface area contributed by atoms with Crippen molar-refractivity contribution in [3.63, 3.8) is 0 Å². The number of allylic oxidation sites excluding steroid dienone is 2. The summed E-state index contributed by atoms with van der Waals surface area (Å²) < 4.78 is 0.925. The number of likely N-dealkylation sites (N-methyl/N-ethyl adjacent to an activating group) is 1. The van der Waals surface area contributed by atoms with Crippen LogP contribution in [0.1, 0.15) is 5.56 Å². The average Bonchev–Trinajstić information content (AvgIpc) is 2.19. The van der Waals surface area contributed by atoms with Gasteiger partial charge in [0.05, 0.1) is 20.3 Å². The predicted octanol–water partition coefficient (Wildman–Crippen LogP) is -0.349. The largest absolute Gasteiger partial charge is 1.00 e. The van der Waals surface area contributed by atoms with Gasteiger partial charge >= 0.3 is 0 Å². The van der Waals surface area contributed by atoms with E-state index in [0.29, 0.717) is 0 Å². The van der Waals surface area contributed by atoms with Crippen LogP contribution in [0.3, 0.4) is 0 Å². The molecular weight excluding hydrogens is 332 g/mol. The van der Waals surface area contributed by atoms with E-state index in [9.17, 15) is 0 Å². The van der Waals surface area contributed by atoms with Gasteiger partial charge in [0.2, 0.25) is 0 Å². The molecule has 1 aliphatic heterocycles. The first-order chi connectivity index (χ1) is 6.67. The predicted molar refractivity (Wildman–Crippen MR) is 68.7 cm³/mol. The molecule has 0 unspecified atom stereocenters. The van der Waals surface area contributed by atoms with Crippen LogP contribution < -0.4 is 17.0 Å². The molecule has 1 aliphatic rings. The molecule has 0 saturated heterocycles. The minimum atomic E-state index is 0. The molecular formula is C12H16Br2N2. The zero-order valence-electron chi connectivity index (χ0n) is 9.43. The van der Waals surface area contributed by atoms with Crippen molar-refractivity contribution in [2.45, 2.75) is 0 Å². The lowest BCUT2D eigenvalue weighted by molar-refractivity contribution is -0.833. The molecule has 0 radical (unpaired) electrons. The minimum Gasteiger partial charge on any atom is -1.00 e. The molecule has 0 N–H and O–H groups in total. The Kier molecular flexibility index (Phi) is 6.15. The van der Waals surface area contributed by atoms with Crippen molar-refractivity contribution in [3.05, 3.63) is 48.4 Å². The molecule has 2 nitrogen and oxygen atoms in total. The normalized spacial score (nSPS) is 16.8. The van der Waals surface area contributed by atoms with Crippen LogP contribution in [0, 0.1) is 0 Å². The number of pyridine rings is 1. The molecule has 2 rings (SSSR count). The lowest BCUT2D eigenvalue weighted by atomic mass is 10.0. The third kappa shape index (κ3) is 3.85. The average molecular weight is 348 g/mol. The molecule has 0 atom stereocenters. The van der Waals surface area contributed by atoms with Crippen LogP contribution in [0.5, 0.6) is 0 Å². The summed E-state index contributed by atoms with van der Waals surface area (Å²) in [6.45, 7) is 1.05. The summed E-state index contributed by atoms with van der Waals surface area (Å²) in [5.41, 5.74) is 2.54. The van der Waals surface area contributed by atoms with E-state index in [1.807, 2.05) is 24.5 Å². The van der Waals surface area contributed by atoms with Crippen molar-refractivity contribution in [1.82, 2.24) is 4.98 Å². The Morgan fingerprint density at radius 2 is 1.81 bits per heavy atom. The Hall–Kier alpha value is -0.450. The monoisotopic (exact) mass is 346 g/mol. The van der Waals surface area contributed by atoms with Crippen molar-refractivity contribution >= 4 is 22.6 Å². The van der Waals surface area contributed by atoms with Gasteiger partial charge in [0.25, 0.3) is 0 Å². The fourth-order valence-electron chi connectivity index (χ4n) is 1.50. The van der Waals surface area contributed by atoms with Crippen molar-refractivity contribution < 1.29 is 21.5 Å². The van der Waals surface area contributed by atoms with Crippen molar-refractivity contribution in [2.24, 2.45) is 0 Å². The molecule has 0 aromatic carbocycles. The smallest absolute Gasteiger partial charge is 0.102 e. The second kappa shape index (κ2) is 6.33. The van der Waals surface area contributed by atoms with Crippen LogP contribution in [-0.4, -0.2) is 30.1 Å². The standard InChI is InChI=1S/C12H15N2.2BrH/c1-14(2)9-5-12(6-10-14)11-3-7-13-8-4-11;;/h3-9H,10H2,1-2H3;2*1H/q+1;;/p-1. The highest BCUT2D eigenvalue weighted by Crippen LogP contribution is 2.20. The molecule has 0 spiro atoms. The van der Waals surface area contributed by atoms with Crippen molar-refractivity contribution in [3.8, 4) is 0 Å². The maximum Gasteiger partial charge on any atom is 0.102 e. The molecule has 88 valence electrons. The maximum atomic E-state index is 4.01. The van der Waals surface area contributed by atoms with Crippen LogP contribution in [0.15, 0.2) is 42.9 Å². The summed E-state index contributed by atoms with van der Waals surface area (Å²) in [6.07, 6.45) is 10.3. The summed E-state index contributed by atoms with van der Waals surface area (Å²) in [5.74, 6) is 0. The Labute approximate surface area is 118 Å². The first-order valence-electron chi connectivity index (χ1n) is 4.80. The summed E-state index contributed by atoms with van der Waals surface area (Å²) in [5, 5.41) is 0. The Morgan fingerprint density at radius 3 is 2.31 bits per heavy atom. The zero-order chi connectivity index (χ0) is 10.0. The Balaban J connectivity index is 0.00000112. The third-order valence-electron chi connectivity index (χ3n) is 2.45. The number of rotatable bonds is 1. The van der Waals surface area contributed by atoms with E-state index in [1.165, 1.54) is 11.1 Å². The number of halogens is 2. The first-order valence-corrected chi connectivity index (χ1v) is 4.80. The molecule has 4 heteroatoms. The highest BCUT2D eigenvalue weighted by Gasteiger charge is 2.14. The summed E-state index contributed by atoms with van der Waals surface area (Å²) in [4.78, 5) is 4.01. The minimum absolute atomic E-state index is 0. The van der Waals surface area contributed by atoms with E-state index in [4.69, 9.17) is 0 Å². The van der Waals surface area contributed by atoms with Gasteiger partial charge in [0, 0.05) is 12.4 Å². The third-order valence-corrected chi connectivity index (χ3v) is 2.45. The molecule has 0 fully saturated rings. The van der Waals surface area contributed by atoms with E-state index < -0.39 is 0 Å². The van der Waals surface area contributed by atoms with E-state index in [2.05, 4.69) is 37.4 Å². The molecule has 0 bridgehead atoms. The van der Waals surface area contributed by atoms with Gasteiger partial charge in [0.1, 0.15) is 6.54 Å². The number of quaternary nitrogens is 1. The molecule has 1 aromatic rings. The van der Waals surface area contributed by atoms with Crippen LogP contribution in [0.4, 0.5) is 0 Å². The summed E-state index contributed by atoms with van der Waals surface area (Å²) >= 11 is 0. The summed E-state index contributed by atoms with van der Waals surface area (Å²) in [6, 6.07) is 4.09. The van der Waals surface area contributed by atoms with Gasteiger partial charge in [0.15, 0.2) is 0 Å². The number of hydrogen-bond acceptors (Lipinski definition) is 1. The van der Waals surface area contributed by atoms with Gasteiger partial charge in [-0.05, 0) is 35.4 Å². The van der Waals surface area contributed by atoms with E-state index >= 15 is 0 Å². The molecule has 0 aliphatic carbocycles. The van der Waals surface area contributed by atoms with E-state index in [-0.39, 0.29) is 34.0 Å². The number of nitrogens with zero attached hydrogens (tertiary/aromatic N) is 2. The van der Waals surface area contributed by atoms with Crippen molar-refractivity contribution in [2.75, 3.05) is 20.6 Å². The van der Waals surface area contributed by atoms with Gasteiger partial charge < -0.3 is 17.0 Å². The molecule has 16 heavy (non-hydrogen) atoms. The first kappa shape index (κ1) is 15.6. The van der Waals surface area contributed by atoms with Crippen molar-refractivity contribution in [1.29, 1.82) is 0 Å². The van der Waals surface area contributed by atoms with Gasteiger partial charge in [-0.3, -0.25) is 9.47 Å². The number of aromatic nitrogens is 1. The van der Waals surface area contributed by atoms with Crippen LogP contribution in [-0.2, 0) is 0 Å². The Morgan fingerprint density at radius 1 is 1.19 bits per heavy atom. The van der Waals surface area contributed by atoms with Crippen LogP contribution >= 0.6 is 17.0 Å². The van der Waals surface area contributed by atoms with E-state index in [1.54, 1.807) is 0 Å². The molecule has 0 amide bonds. The van der Waals surface area contributed by atoms with Gasteiger partial charge in [-0.2, -0.15) is 0 Å². The van der Waals surface area contributed by atoms with E-state index in [0.717, 1.165) is 11.0 Å². The summed E-state index contributed by atoms with van der Waals surface area (Å²) in [7, 11) is 4.38. The highest BCUT2D eigenvalue weighted by molar-refractivity contribution is 8.93. The highest BCUT2D eigenvalue weighted by atomic mass is 79.9. The zero-order valence-corrected chi connectivity index (χ0v) is 12.7. The second-order valence-electron chi connectivity index (χ2n) is 4.17.